The van der Waals surface area contributed by atoms with Crippen molar-refractivity contribution in [1.29, 1.82) is 0 Å². The molecule has 0 bridgehead atoms. The molecule has 1 aliphatic rings. The Labute approximate surface area is 141 Å². The summed E-state index contributed by atoms with van der Waals surface area (Å²) < 4.78 is 40.2. The van der Waals surface area contributed by atoms with E-state index < -0.39 is 23.7 Å². The third-order valence-electron chi connectivity index (χ3n) is 3.80. The third kappa shape index (κ3) is 3.15. The molecule has 5 nitrogen and oxygen atoms in total. The lowest BCUT2D eigenvalue weighted by Crippen LogP contribution is -2.30. The van der Waals surface area contributed by atoms with Gasteiger partial charge in [-0.1, -0.05) is 6.07 Å². The van der Waals surface area contributed by atoms with Crippen LogP contribution in [-0.2, 0) is 11.0 Å². The summed E-state index contributed by atoms with van der Waals surface area (Å²) in [5.41, 5.74) is 0.0928. The van der Waals surface area contributed by atoms with Crippen molar-refractivity contribution in [2.45, 2.75) is 13.1 Å². The first-order valence-electron chi connectivity index (χ1n) is 7.51. The third-order valence-corrected chi connectivity index (χ3v) is 3.80. The summed E-state index contributed by atoms with van der Waals surface area (Å²) in [6, 6.07) is 7.63. The van der Waals surface area contributed by atoms with Crippen LogP contribution in [0, 0.1) is 0 Å². The standard InChI is InChI=1S/C17H14F3N3O2/c1-2-22-15(24)14(21-16(22)25)10-13-7-4-8-23(13)12-6-3-5-11(9-12)17(18,19)20/h3-10H,2H2,1H3,(H,21,25)/b14-10+. The van der Waals surface area contributed by atoms with Gasteiger partial charge in [0.05, 0.1) is 5.56 Å². The molecule has 0 spiro atoms. The number of imide groups is 1. The van der Waals surface area contributed by atoms with Gasteiger partial charge in [-0.3, -0.25) is 9.69 Å². The number of benzene rings is 1. The highest BCUT2D eigenvalue weighted by Gasteiger charge is 2.32. The van der Waals surface area contributed by atoms with Gasteiger partial charge in [-0.2, -0.15) is 13.2 Å². The van der Waals surface area contributed by atoms with Gasteiger partial charge in [0.2, 0.25) is 0 Å². The zero-order valence-electron chi connectivity index (χ0n) is 13.2. The number of amides is 3. The normalized spacial score (nSPS) is 16.6. The minimum Gasteiger partial charge on any atom is -0.317 e. The molecule has 1 aromatic carbocycles. The number of hydrogen-bond donors (Lipinski definition) is 1. The molecular weight excluding hydrogens is 335 g/mol. The van der Waals surface area contributed by atoms with Crippen molar-refractivity contribution in [3.05, 3.63) is 59.5 Å². The van der Waals surface area contributed by atoms with Crippen molar-refractivity contribution in [1.82, 2.24) is 14.8 Å². The van der Waals surface area contributed by atoms with E-state index in [1.165, 1.54) is 22.8 Å². The predicted octanol–water partition coefficient (Wildman–Crippen LogP) is 3.41. The predicted molar refractivity (Wildman–Crippen MR) is 84.7 cm³/mol. The fourth-order valence-electron chi connectivity index (χ4n) is 2.59. The zero-order chi connectivity index (χ0) is 18.2. The largest absolute Gasteiger partial charge is 0.416 e. The Hall–Kier alpha value is -3.03. The average Bonchev–Trinajstić information content (AvgIpc) is 3.12. The van der Waals surface area contributed by atoms with Crippen LogP contribution >= 0.6 is 0 Å². The van der Waals surface area contributed by atoms with Crippen molar-refractivity contribution in [3.63, 3.8) is 0 Å². The molecule has 3 rings (SSSR count). The van der Waals surface area contributed by atoms with Crippen LogP contribution in [0.3, 0.4) is 0 Å². The van der Waals surface area contributed by atoms with Gasteiger partial charge in [-0.05, 0) is 43.3 Å². The first kappa shape index (κ1) is 16.8. The highest BCUT2D eigenvalue weighted by molar-refractivity contribution is 6.13. The van der Waals surface area contributed by atoms with Gasteiger partial charge in [-0.15, -0.1) is 0 Å². The number of carbonyl (C=O) groups is 2. The molecule has 1 aromatic heterocycles. The number of nitrogens with zero attached hydrogens (tertiary/aromatic N) is 2. The Balaban J connectivity index is 1.99. The fourth-order valence-corrected chi connectivity index (χ4v) is 2.59. The van der Waals surface area contributed by atoms with Crippen molar-refractivity contribution < 1.29 is 22.8 Å². The van der Waals surface area contributed by atoms with Gasteiger partial charge >= 0.3 is 12.2 Å². The van der Waals surface area contributed by atoms with Gasteiger partial charge in [0.15, 0.2) is 0 Å². The van der Waals surface area contributed by atoms with Gasteiger partial charge < -0.3 is 9.88 Å². The molecule has 0 unspecified atom stereocenters. The van der Waals surface area contributed by atoms with Crippen molar-refractivity contribution in [3.8, 4) is 5.69 Å². The molecule has 1 N–H and O–H groups in total. The minimum absolute atomic E-state index is 0.0822. The second-order valence-corrected chi connectivity index (χ2v) is 5.39. The number of halogens is 3. The summed E-state index contributed by atoms with van der Waals surface area (Å²) in [7, 11) is 0. The molecule has 2 aromatic rings. The quantitative estimate of drug-likeness (QED) is 0.682. The molecule has 1 fully saturated rings. The van der Waals surface area contributed by atoms with Crippen LogP contribution < -0.4 is 5.32 Å². The monoisotopic (exact) mass is 349 g/mol. The Morgan fingerprint density at radius 1 is 1.16 bits per heavy atom. The van der Waals surface area contributed by atoms with Crippen LogP contribution in [0.1, 0.15) is 18.2 Å². The van der Waals surface area contributed by atoms with E-state index in [1.54, 1.807) is 25.3 Å². The van der Waals surface area contributed by atoms with Crippen LogP contribution in [0.2, 0.25) is 0 Å². The highest BCUT2D eigenvalue weighted by Crippen LogP contribution is 2.30. The Morgan fingerprint density at radius 3 is 2.56 bits per heavy atom. The van der Waals surface area contributed by atoms with E-state index in [4.69, 9.17) is 0 Å². The minimum atomic E-state index is -4.45. The molecule has 0 atom stereocenters. The lowest BCUT2D eigenvalue weighted by Gasteiger charge is -2.11. The highest BCUT2D eigenvalue weighted by atomic mass is 19.4. The maximum atomic E-state index is 12.9. The molecule has 0 radical (unpaired) electrons. The number of aromatic nitrogens is 1. The van der Waals surface area contributed by atoms with E-state index in [9.17, 15) is 22.8 Å². The summed E-state index contributed by atoms with van der Waals surface area (Å²) >= 11 is 0. The van der Waals surface area contributed by atoms with Gasteiger partial charge in [-0.25, -0.2) is 4.79 Å². The topological polar surface area (TPSA) is 54.3 Å². The van der Waals surface area contributed by atoms with Crippen molar-refractivity contribution in [2.75, 3.05) is 6.54 Å². The van der Waals surface area contributed by atoms with Gasteiger partial charge in [0.25, 0.3) is 5.91 Å². The number of alkyl halides is 3. The molecule has 3 amide bonds. The molecule has 1 aliphatic heterocycles. The average molecular weight is 349 g/mol. The summed E-state index contributed by atoms with van der Waals surface area (Å²) in [6.45, 7) is 1.91. The number of likely N-dealkylation sites (N-methyl/N-ethyl adjacent to an activating group) is 1. The first-order chi connectivity index (χ1) is 11.8. The lowest BCUT2D eigenvalue weighted by atomic mass is 10.2. The molecule has 0 aliphatic carbocycles. The van der Waals surface area contributed by atoms with E-state index in [2.05, 4.69) is 5.32 Å². The van der Waals surface area contributed by atoms with E-state index in [0.717, 1.165) is 17.0 Å². The maximum absolute atomic E-state index is 12.9. The van der Waals surface area contributed by atoms with Gasteiger partial charge in [0.1, 0.15) is 5.70 Å². The number of rotatable bonds is 3. The molecular formula is C17H14F3N3O2. The molecule has 130 valence electrons. The van der Waals surface area contributed by atoms with Crippen LogP contribution in [0.4, 0.5) is 18.0 Å². The number of carbonyl (C=O) groups excluding carboxylic acids is 2. The zero-order valence-corrected chi connectivity index (χ0v) is 13.2. The van der Waals surface area contributed by atoms with Crippen LogP contribution in [-0.4, -0.2) is 28.0 Å². The summed E-state index contributed by atoms with van der Waals surface area (Å²) in [6.07, 6.45) is -1.42. The van der Waals surface area contributed by atoms with Gasteiger partial charge in [0, 0.05) is 24.1 Å². The van der Waals surface area contributed by atoms with E-state index in [0.29, 0.717) is 11.4 Å². The second kappa shape index (κ2) is 6.12. The van der Waals surface area contributed by atoms with E-state index >= 15 is 0 Å². The smallest absolute Gasteiger partial charge is 0.317 e. The number of hydrogen-bond acceptors (Lipinski definition) is 2. The SMILES string of the molecule is CCN1C(=O)N/C(=C/c2cccn2-c2cccc(C(F)(F)F)c2)C1=O. The fraction of sp³-hybridized carbons (Fsp3) is 0.176. The van der Waals surface area contributed by atoms with E-state index in [1.807, 2.05) is 0 Å². The maximum Gasteiger partial charge on any atom is 0.416 e. The van der Waals surface area contributed by atoms with Crippen molar-refractivity contribution >= 4 is 18.0 Å². The Morgan fingerprint density at radius 2 is 1.92 bits per heavy atom. The Kier molecular flexibility index (Phi) is 4.12. The molecule has 0 saturated carbocycles. The number of nitrogens with one attached hydrogen (secondary N) is 1. The second-order valence-electron chi connectivity index (χ2n) is 5.39. The summed E-state index contributed by atoms with van der Waals surface area (Å²) in [4.78, 5) is 24.9. The van der Waals surface area contributed by atoms with Crippen LogP contribution in [0.15, 0.2) is 48.3 Å². The molecule has 25 heavy (non-hydrogen) atoms. The van der Waals surface area contributed by atoms with Crippen LogP contribution in [0.5, 0.6) is 0 Å². The Bertz CT molecular complexity index is 868. The van der Waals surface area contributed by atoms with Crippen molar-refractivity contribution in [2.24, 2.45) is 0 Å². The summed E-state index contributed by atoms with van der Waals surface area (Å²) in [5, 5.41) is 2.46. The van der Waals surface area contributed by atoms with Crippen LogP contribution in [0.25, 0.3) is 11.8 Å². The number of urea groups is 1. The summed E-state index contributed by atoms with van der Waals surface area (Å²) in [5.74, 6) is -0.468. The van der Waals surface area contributed by atoms with E-state index in [-0.39, 0.29) is 12.2 Å². The molecule has 1 saturated heterocycles. The molecule has 2 heterocycles. The first-order valence-corrected chi connectivity index (χ1v) is 7.51. The lowest BCUT2D eigenvalue weighted by molar-refractivity contribution is -0.137. The molecule has 8 heteroatoms.